The first-order valence-electron chi connectivity index (χ1n) is 7.67. The molecule has 21 heavy (non-hydrogen) atoms. The maximum atomic E-state index is 5.47. The lowest BCUT2D eigenvalue weighted by molar-refractivity contribution is -0.0118. The lowest BCUT2D eigenvalue weighted by atomic mass is 9.90. The third kappa shape index (κ3) is 3.02. The summed E-state index contributed by atoms with van der Waals surface area (Å²) in [6, 6.07) is 19.5. The zero-order chi connectivity index (χ0) is 14.7. The topological polar surface area (TPSA) is 12.5 Å². The summed E-state index contributed by atoms with van der Waals surface area (Å²) in [6.45, 7) is 8.30. The summed E-state index contributed by atoms with van der Waals surface area (Å²) in [6.07, 6.45) is 0. The van der Waals surface area contributed by atoms with Gasteiger partial charge in [0.1, 0.15) is 0 Å². The van der Waals surface area contributed by atoms with Crippen molar-refractivity contribution >= 4 is 0 Å². The Bertz CT molecular complexity index is 568. The van der Waals surface area contributed by atoms with Crippen LogP contribution in [-0.4, -0.2) is 31.2 Å². The zero-order valence-corrected chi connectivity index (χ0v) is 12.9. The molecule has 0 amide bonds. The van der Waals surface area contributed by atoms with E-state index >= 15 is 0 Å². The average molecular weight is 281 g/mol. The lowest BCUT2D eigenvalue weighted by Gasteiger charge is -2.41. The van der Waals surface area contributed by atoms with E-state index in [-0.39, 0.29) is 5.54 Å². The smallest absolute Gasteiger partial charge is 0.0594 e. The third-order valence-corrected chi connectivity index (χ3v) is 4.50. The largest absolute Gasteiger partial charge is 0.379 e. The summed E-state index contributed by atoms with van der Waals surface area (Å²) in [5.41, 5.74) is 3.97. The quantitative estimate of drug-likeness (QED) is 0.845. The molecule has 0 unspecified atom stereocenters. The fourth-order valence-electron chi connectivity index (χ4n) is 3.01. The van der Waals surface area contributed by atoms with Gasteiger partial charge in [0.2, 0.25) is 0 Å². The number of ether oxygens (including phenoxy) is 1. The fraction of sp³-hybridized carbons (Fsp3) is 0.368. The van der Waals surface area contributed by atoms with E-state index in [2.05, 4.69) is 73.3 Å². The second kappa shape index (κ2) is 6.00. The van der Waals surface area contributed by atoms with Gasteiger partial charge in [0.05, 0.1) is 13.2 Å². The van der Waals surface area contributed by atoms with Crippen molar-refractivity contribution in [1.82, 2.24) is 4.90 Å². The van der Waals surface area contributed by atoms with Crippen LogP contribution in [-0.2, 0) is 10.3 Å². The summed E-state index contributed by atoms with van der Waals surface area (Å²) in [5.74, 6) is 0. The van der Waals surface area contributed by atoms with E-state index in [4.69, 9.17) is 4.74 Å². The van der Waals surface area contributed by atoms with Crippen molar-refractivity contribution < 1.29 is 4.74 Å². The zero-order valence-electron chi connectivity index (χ0n) is 12.9. The van der Waals surface area contributed by atoms with Gasteiger partial charge >= 0.3 is 0 Å². The van der Waals surface area contributed by atoms with Gasteiger partial charge in [-0.05, 0) is 30.5 Å². The van der Waals surface area contributed by atoms with E-state index in [0.717, 1.165) is 26.3 Å². The van der Waals surface area contributed by atoms with E-state index in [1.54, 1.807) is 0 Å². The van der Waals surface area contributed by atoms with E-state index in [0.29, 0.717) is 0 Å². The van der Waals surface area contributed by atoms with Crippen molar-refractivity contribution in [3.05, 3.63) is 60.2 Å². The number of morpholine rings is 1. The molecule has 1 saturated heterocycles. The van der Waals surface area contributed by atoms with Crippen molar-refractivity contribution in [2.75, 3.05) is 26.3 Å². The van der Waals surface area contributed by atoms with Crippen molar-refractivity contribution in [2.24, 2.45) is 0 Å². The Kier molecular flexibility index (Phi) is 4.09. The van der Waals surface area contributed by atoms with Crippen molar-refractivity contribution in [2.45, 2.75) is 19.4 Å². The molecule has 0 N–H and O–H groups in total. The molecule has 1 heterocycles. The van der Waals surface area contributed by atoms with Gasteiger partial charge in [-0.1, -0.05) is 54.6 Å². The van der Waals surface area contributed by atoms with Crippen LogP contribution >= 0.6 is 0 Å². The number of rotatable bonds is 3. The Hall–Kier alpha value is -1.64. The molecule has 110 valence electrons. The molecule has 1 aliphatic rings. The first-order valence-corrected chi connectivity index (χ1v) is 7.67. The highest BCUT2D eigenvalue weighted by Crippen LogP contribution is 2.30. The Morgan fingerprint density at radius 3 is 2.00 bits per heavy atom. The van der Waals surface area contributed by atoms with Crippen LogP contribution in [0.3, 0.4) is 0 Å². The van der Waals surface area contributed by atoms with Gasteiger partial charge in [-0.25, -0.2) is 0 Å². The van der Waals surface area contributed by atoms with Gasteiger partial charge in [-0.2, -0.15) is 0 Å². The van der Waals surface area contributed by atoms with Crippen LogP contribution < -0.4 is 0 Å². The number of hydrogen-bond acceptors (Lipinski definition) is 2. The van der Waals surface area contributed by atoms with Crippen molar-refractivity contribution in [3.8, 4) is 11.1 Å². The second-order valence-electron chi connectivity index (χ2n) is 6.10. The number of hydrogen-bond donors (Lipinski definition) is 0. The summed E-state index contributed by atoms with van der Waals surface area (Å²) < 4.78 is 5.47. The molecule has 1 aliphatic heterocycles. The summed E-state index contributed by atoms with van der Waals surface area (Å²) in [4.78, 5) is 2.51. The summed E-state index contributed by atoms with van der Waals surface area (Å²) in [7, 11) is 0. The molecule has 0 aliphatic carbocycles. The molecule has 3 rings (SSSR count). The summed E-state index contributed by atoms with van der Waals surface area (Å²) >= 11 is 0. The van der Waals surface area contributed by atoms with Crippen LogP contribution in [0.25, 0.3) is 11.1 Å². The summed E-state index contributed by atoms with van der Waals surface area (Å²) in [5, 5.41) is 0. The SMILES string of the molecule is CC(C)(c1ccc(-c2ccccc2)cc1)N1CCOCC1. The predicted molar refractivity (Wildman–Crippen MR) is 87.3 cm³/mol. The van der Waals surface area contributed by atoms with Gasteiger partial charge in [0.25, 0.3) is 0 Å². The molecule has 2 heteroatoms. The molecule has 0 spiro atoms. The minimum Gasteiger partial charge on any atom is -0.379 e. The Morgan fingerprint density at radius 2 is 1.38 bits per heavy atom. The fourth-order valence-corrected chi connectivity index (χ4v) is 3.01. The molecule has 0 aromatic heterocycles. The van der Waals surface area contributed by atoms with Gasteiger partial charge in [-0.15, -0.1) is 0 Å². The molecular weight excluding hydrogens is 258 g/mol. The second-order valence-corrected chi connectivity index (χ2v) is 6.10. The van der Waals surface area contributed by atoms with E-state index in [1.807, 2.05) is 0 Å². The molecule has 0 bridgehead atoms. The normalized spacial score (nSPS) is 16.9. The van der Waals surface area contributed by atoms with Crippen LogP contribution in [0.15, 0.2) is 54.6 Å². The highest BCUT2D eigenvalue weighted by Gasteiger charge is 2.29. The van der Waals surface area contributed by atoms with Gasteiger partial charge in [0.15, 0.2) is 0 Å². The lowest BCUT2D eigenvalue weighted by Crippen LogP contribution is -2.47. The first kappa shape index (κ1) is 14.3. The highest BCUT2D eigenvalue weighted by atomic mass is 16.5. The van der Waals surface area contributed by atoms with Crippen LogP contribution in [0.4, 0.5) is 0 Å². The first-order chi connectivity index (χ1) is 10.2. The van der Waals surface area contributed by atoms with Crippen LogP contribution in [0.1, 0.15) is 19.4 Å². The Balaban J connectivity index is 1.83. The molecule has 0 radical (unpaired) electrons. The maximum absolute atomic E-state index is 5.47. The van der Waals surface area contributed by atoms with Gasteiger partial charge in [-0.3, -0.25) is 4.90 Å². The number of nitrogens with zero attached hydrogens (tertiary/aromatic N) is 1. The van der Waals surface area contributed by atoms with Gasteiger partial charge < -0.3 is 4.74 Å². The average Bonchev–Trinajstić information content (AvgIpc) is 2.57. The molecule has 2 nitrogen and oxygen atoms in total. The van der Waals surface area contributed by atoms with Crippen LogP contribution in [0.5, 0.6) is 0 Å². The molecule has 0 atom stereocenters. The standard InChI is InChI=1S/C19H23NO/c1-19(2,20-12-14-21-15-13-20)18-10-8-17(9-11-18)16-6-4-3-5-7-16/h3-11H,12-15H2,1-2H3. The molecular formula is C19H23NO. The Labute approximate surface area is 127 Å². The minimum absolute atomic E-state index is 0.0546. The van der Waals surface area contributed by atoms with Crippen LogP contribution in [0, 0.1) is 0 Å². The highest BCUT2D eigenvalue weighted by molar-refractivity contribution is 5.63. The van der Waals surface area contributed by atoms with Crippen molar-refractivity contribution in [3.63, 3.8) is 0 Å². The molecule has 0 saturated carbocycles. The number of benzene rings is 2. The Morgan fingerprint density at radius 1 is 0.810 bits per heavy atom. The van der Waals surface area contributed by atoms with Crippen LogP contribution in [0.2, 0.25) is 0 Å². The minimum atomic E-state index is 0.0546. The van der Waals surface area contributed by atoms with E-state index in [9.17, 15) is 0 Å². The van der Waals surface area contributed by atoms with Crippen molar-refractivity contribution in [1.29, 1.82) is 0 Å². The molecule has 2 aromatic rings. The van der Waals surface area contributed by atoms with E-state index in [1.165, 1.54) is 16.7 Å². The predicted octanol–water partition coefficient (Wildman–Crippen LogP) is 3.92. The van der Waals surface area contributed by atoms with Gasteiger partial charge in [0, 0.05) is 18.6 Å². The molecule has 2 aromatic carbocycles. The molecule has 1 fully saturated rings. The third-order valence-electron chi connectivity index (χ3n) is 4.50. The monoisotopic (exact) mass is 281 g/mol. The maximum Gasteiger partial charge on any atom is 0.0594 e. The van der Waals surface area contributed by atoms with E-state index < -0.39 is 0 Å².